The van der Waals surface area contributed by atoms with E-state index in [1.807, 2.05) is 16.3 Å². The van der Waals surface area contributed by atoms with E-state index in [4.69, 9.17) is 0 Å². The monoisotopic (exact) mass is 292 g/mol. The number of nitrogens with one attached hydrogen (secondary N) is 1. The molecular formula is C15H20N2O2S. The van der Waals surface area contributed by atoms with Crippen LogP contribution in [0.25, 0.3) is 0 Å². The number of nitrogens with zero attached hydrogens (tertiary/aromatic N) is 1. The number of thiophene rings is 1. The molecule has 1 spiro atoms. The maximum Gasteiger partial charge on any atom is 0.248 e. The van der Waals surface area contributed by atoms with Gasteiger partial charge in [-0.15, -0.1) is 0 Å². The van der Waals surface area contributed by atoms with Gasteiger partial charge in [-0.3, -0.25) is 9.59 Å². The Bertz CT molecular complexity index is 530. The summed E-state index contributed by atoms with van der Waals surface area (Å²) in [5.74, 6) is 0.0556. The largest absolute Gasteiger partial charge is 0.340 e. The van der Waals surface area contributed by atoms with Gasteiger partial charge in [-0.25, -0.2) is 0 Å². The van der Waals surface area contributed by atoms with Gasteiger partial charge in [0.1, 0.15) is 11.1 Å². The molecule has 20 heavy (non-hydrogen) atoms. The van der Waals surface area contributed by atoms with E-state index in [-0.39, 0.29) is 11.8 Å². The lowest BCUT2D eigenvalue weighted by atomic mass is 9.85. The summed E-state index contributed by atoms with van der Waals surface area (Å²) < 4.78 is 0. The highest BCUT2D eigenvalue weighted by Crippen LogP contribution is 2.40. The molecule has 0 bridgehead atoms. The van der Waals surface area contributed by atoms with Crippen molar-refractivity contribution in [3.05, 3.63) is 22.4 Å². The molecule has 0 atom stereocenters. The Labute approximate surface area is 123 Å². The zero-order chi connectivity index (χ0) is 14.4. The Morgan fingerprint density at radius 2 is 2.00 bits per heavy atom. The highest BCUT2D eigenvalue weighted by molar-refractivity contribution is 7.07. The minimum absolute atomic E-state index is 0.0230. The second-order valence-electron chi connectivity index (χ2n) is 6.34. The molecule has 2 heterocycles. The zero-order valence-electron chi connectivity index (χ0n) is 11.9. The first kappa shape index (κ1) is 13.6. The SMILES string of the molecule is CC1(C)NC(=O)C2(CCCC2)N(Cc2ccsc2)C1=O. The average Bonchev–Trinajstić information content (AvgIpc) is 3.05. The van der Waals surface area contributed by atoms with Gasteiger partial charge in [-0.1, -0.05) is 12.8 Å². The summed E-state index contributed by atoms with van der Waals surface area (Å²) >= 11 is 1.62. The van der Waals surface area contributed by atoms with Gasteiger partial charge in [0.2, 0.25) is 11.8 Å². The molecule has 2 aliphatic rings. The Kier molecular flexibility index (Phi) is 3.12. The van der Waals surface area contributed by atoms with E-state index < -0.39 is 11.1 Å². The third-order valence-corrected chi connectivity index (χ3v) is 5.23. The lowest BCUT2D eigenvalue weighted by molar-refractivity contribution is -0.162. The molecule has 108 valence electrons. The highest BCUT2D eigenvalue weighted by atomic mass is 32.1. The fraction of sp³-hybridized carbons (Fsp3) is 0.600. The van der Waals surface area contributed by atoms with Crippen LogP contribution in [-0.4, -0.2) is 27.8 Å². The minimum Gasteiger partial charge on any atom is -0.340 e. The van der Waals surface area contributed by atoms with E-state index >= 15 is 0 Å². The van der Waals surface area contributed by atoms with Gasteiger partial charge in [0.05, 0.1) is 0 Å². The molecule has 1 aliphatic carbocycles. The van der Waals surface area contributed by atoms with Crippen molar-refractivity contribution in [1.29, 1.82) is 0 Å². The van der Waals surface area contributed by atoms with E-state index in [2.05, 4.69) is 10.7 Å². The molecule has 1 aromatic rings. The molecule has 3 rings (SSSR count). The van der Waals surface area contributed by atoms with Crippen LogP contribution in [0.5, 0.6) is 0 Å². The van der Waals surface area contributed by atoms with Crippen molar-refractivity contribution in [3.63, 3.8) is 0 Å². The number of hydrogen-bond donors (Lipinski definition) is 1. The second-order valence-corrected chi connectivity index (χ2v) is 7.12. The van der Waals surface area contributed by atoms with Gasteiger partial charge >= 0.3 is 0 Å². The molecule has 2 amide bonds. The fourth-order valence-electron chi connectivity index (χ4n) is 3.35. The van der Waals surface area contributed by atoms with Gasteiger partial charge in [-0.05, 0) is 49.1 Å². The van der Waals surface area contributed by atoms with Gasteiger partial charge in [0.15, 0.2) is 0 Å². The van der Waals surface area contributed by atoms with Crippen molar-refractivity contribution in [2.45, 2.75) is 57.2 Å². The molecule has 1 saturated heterocycles. The van der Waals surface area contributed by atoms with Crippen molar-refractivity contribution >= 4 is 23.2 Å². The number of carbonyl (C=O) groups is 2. The molecule has 1 saturated carbocycles. The van der Waals surface area contributed by atoms with E-state index in [0.29, 0.717) is 6.54 Å². The third kappa shape index (κ3) is 1.95. The Balaban J connectivity index is 1.98. The summed E-state index contributed by atoms with van der Waals surface area (Å²) in [5, 5.41) is 6.98. The molecule has 1 aliphatic heterocycles. The number of piperazine rings is 1. The van der Waals surface area contributed by atoms with Gasteiger partial charge in [-0.2, -0.15) is 11.3 Å². The standard InChI is InChI=1S/C15H20N2O2S/c1-14(2)13(19)17(9-11-5-8-20-10-11)15(12(18)16-14)6-3-4-7-15/h5,8,10H,3-4,6-7,9H2,1-2H3,(H,16,18). The molecule has 4 nitrogen and oxygen atoms in total. The summed E-state index contributed by atoms with van der Waals surface area (Å²) in [5.41, 5.74) is -0.310. The lowest BCUT2D eigenvalue weighted by Gasteiger charge is -2.49. The Morgan fingerprint density at radius 3 is 2.60 bits per heavy atom. The number of carbonyl (C=O) groups excluding carboxylic acids is 2. The first-order valence-electron chi connectivity index (χ1n) is 7.11. The fourth-order valence-corrected chi connectivity index (χ4v) is 4.01. The van der Waals surface area contributed by atoms with Crippen LogP contribution in [0.3, 0.4) is 0 Å². The summed E-state index contributed by atoms with van der Waals surface area (Å²) in [4.78, 5) is 27.2. The maximum absolute atomic E-state index is 12.8. The van der Waals surface area contributed by atoms with Crippen molar-refractivity contribution < 1.29 is 9.59 Å². The molecule has 0 aromatic carbocycles. The molecule has 0 unspecified atom stereocenters. The van der Waals surface area contributed by atoms with Crippen LogP contribution in [0.1, 0.15) is 45.1 Å². The first-order valence-corrected chi connectivity index (χ1v) is 8.06. The second kappa shape index (κ2) is 4.58. The van der Waals surface area contributed by atoms with E-state index in [0.717, 1.165) is 31.2 Å². The van der Waals surface area contributed by atoms with Crippen LogP contribution in [-0.2, 0) is 16.1 Å². The van der Waals surface area contributed by atoms with Crippen LogP contribution in [0.2, 0.25) is 0 Å². The van der Waals surface area contributed by atoms with Gasteiger partial charge in [0.25, 0.3) is 0 Å². The highest BCUT2D eigenvalue weighted by Gasteiger charge is 2.56. The summed E-state index contributed by atoms with van der Waals surface area (Å²) in [6.07, 6.45) is 3.60. The molecule has 2 fully saturated rings. The van der Waals surface area contributed by atoms with Crippen LogP contribution in [0.4, 0.5) is 0 Å². The zero-order valence-corrected chi connectivity index (χ0v) is 12.8. The first-order chi connectivity index (χ1) is 9.46. The minimum atomic E-state index is -0.805. The van der Waals surface area contributed by atoms with E-state index in [9.17, 15) is 9.59 Å². The number of hydrogen-bond acceptors (Lipinski definition) is 3. The Hall–Kier alpha value is -1.36. The van der Waals surface area contributed by atoms with Gasteiger partial charge < -0.3 is 10.2 Å². The summed E-state index contributed by atoms with van der Waals surface area (Å²) in [7, 11) is 0. The molecule has 1 aromatic heterocycles. The van der Waals surface area contributed by atoms with Gasteiger partial charge in [0, 0.05) is 6.54 Å². The quantitative estimate of drug-likeness (QED) is 0.909. The molecule has 1 N–H and O–H groups in total. The molecule has 5 heteroatoms. The third-order valence-electron chi connectivity index (χ3n) is 4.50. The summed E-state index contributed by atoms with van der Waals surface area (Å²) in [6.45, 7) is 4.12. The van der Waals surface area contributed by atoms with Crippen molar-refractivity contribution in [3.8, 4) is 0 Å². The van der Waals surface area contributed by atoms with E-state index in [1.54, 1.807) is 25.2 Å². The van der Waals surface area contributed by atoms with Crippen molar-refractivity contribution in [2.75, 3.05) is 0 Å². The van der Waals surface area contributed by atoms with Crippen LogP contribution in [0, 0.1) is 0 Å². The topological polar surface area (TPSA) is 49.4 Å². The lowest BCUT2D eigenvalue weighted by Crippen LogP contribution is -2.73. The normalized spacial score (nSPS) is 24.2. The van der Waals surface area contributed by atoms with E-state index in [1.165, 1.54) is 0 Å². The average molecular weight is 292 g/mol. The number of amides is 2. The van der Waals surface area contributed by atoms with Crippen LogP contribution in [0.15, 0.2) is 16.8 Å². The van der Waals surface area contributed by atoms with Crippen LogP contribution >= 0.6 is 11.3 Å². The smallest absolute Gasteiger partial charge is 0.248 e. The molecule has 0 radical (unpaired) electrons. The summed E-state index contributed by atoms with van der Waals surface area (Å²) in [6, 6.07) is 2.03. The number of rotatable bonds is 2. The molecular weight excluding hydrogens is 272 g/mol. The predicted octanol–water partition coefficient (Wildman–Crippen LogP) is 2.30. The maximum atomic E-state index is 12.8. The predicted molar refractivity (Wildman–Crippen MR) is 78.3 cm³/mol. The Morgan fingerprint density at radius 1 is 1.30 bits per heavy atom. The van der Waals surface area contributed by atoms with Crippen LogP contribution < -0.4 is 5.32 Å². The van der Waals surface area contributed by atoms with Crippen molar-refractivity contribution in [1.82, 2.24) is 10.2 Å². The van der Waals surface area contributed by atoms with Crippen molar-refractivity contribution in [2.24, 2.45) is 0 Å².